The molecule has 0 unspecified atom stereocenters. The van der Waals surface area contributed by atoms with E-state index in [1.54, 1.807) is 17.0 Å². The molecule has 118 valence electrons. The van der Waals surface area contributed by atoms with Gasteiger partial charge in [-0.05, 0) is 43.2 Å². The molecule has 0 aliphatic carbocycles. The van der Waals surface area contributed by atoms with Gasteiger partial charge in [-0.3, -0.25) is 9.59 Å². The second kappa shape index (κ2) is 6.65. The van der Waals surface area contributed by atoms with Crippen LogP contribution in [-0.2, 0) is 4.79 Å². The van der Waals surface area contributed by atoms with Crippen molar-refractivity contribution >= 4 is 17.5 Å². The number of rotatable bonds is 4. The first-order valence-electron chi connectivity index (χ1n) is 7.91. The minimum absolute atomic E-state index is 0.0523. The van der Waals surface area contributed by atoms with Crippen molar-refractivity contribution in [3.63, 3.8) is 0 Å². The Labute approximate surface area is 136 Å². The first-order valence-corrected chi connectivity index (χ1v) is 7.91. The lowest BCUT2D eigenvalue weighted by Gasteiger charge is -2.17. The lowest BCUT2D eigenvalue weighted by Crippen LogP contribution is -2.27. The Bertz CT molecular complexity index is 695. The predicted octanol–water partition coefficient (Wildman–Crippen LogP) is 3.30. The summed E-state index contributed by atoms with van der Waals surface area (Å²) in [6.45, 7) is 2.72. The summed E-state index contributed by atoms with van der Waals surface area (Å²) in [5, 5.41) is 2.99. The summed E-state index contributed by atoms with van der Waals surface area (Å²) in [6, 6.07) is 17.0. The molecule has 0 spiro atoms. The van der Waals surface area contributed by atoms with Gasteiger partial charge in [-0.2, -0.15) is 0 Å². The van der Waals surface area contributed by atoms with Crippen LogP contribution >= 0.6 is 0 Å². The molecule has 1 atom stereocenters. The van der Waals surface area contributed by atoms with Crippen LogP contribution in [0.5, 0.6) is 0 Å². The summed E-state index contributed by atoms with van der Waals surface area (Å²) < 4.78 is 0. The zero-order valence-electron chi connectivity index (χ0n) is 13.2. The quantitative estimate of drug-likeness (QED) is 0.942. The van der Waals surface area contributed by atoms with Gasteiger partial charge in [0.15, 0.2) is 0 Å². The van der Waals surface area contributed by atoms with E-state index < -0.39 is 0 Å². The number of nitrogens with zero attached hydrogens (tertiary/aromatic N) is 1. The van der Waals surface area contributed by atoms with E-state index in [0.29, 0.717) is 12.0 Å². The largest absolute Gasteiger partial charge is 0.346 e. The number of carbonyl (C=O) groups is 2. The minimum atomic E-state index is -0.111. The molecule has 2 aromatic carbocycles. The predicted molar refractivity (Wildman–Crippen MR) is 90.4 cm³/mol. The lowest BCUT2D eigenvalue weighted by molar-refractivity contribution is -0.117. The topological polar surface area (TPSA) is 49.4 Å². The van der Waals surface area contributed by atoms with Gasteiger partial charge in [-0.1, -0.05) is 30.3 Å². The van der Waals surface area contributed by atoms with Crippen molar-refractivity contribution < 1.29 is 9.59 Å². The third kappa shape index (κ3) is 3.42. The molecule has 0 radical (unpaired) electrons. The van der Waals surface area contributed by atoms with E-state index in [1.807, 2.05) is 49.4 Å². The maximum Gasteiger partial charge on any atom is 0.251 e. The molecule has 1 aliphatic heterocycles. The third-order valence-corrected chi connectivity index (χ3v) is 4.16. The highest BCUT2D eigenvalue weighted by atomic mass is 16.2. The molecule has 0 bridgehead atoms. The van der Waals surface area contributed by atoms with Crippen LogP contribution in [0, 0.1) is 0 Å². The van der Waals surface area contributed by atoms with Gasteiger partial charge in [0, 0.05) is 24.2 Å². The number of nitrogens with one attached hydrogen (secondary N) is 1. The van der Waals surface area contributed by atoms with Crippen LogP contribution in [0.25, 0.3) is 0 Å². The van der Waals surface area contributed by atoms with Crippen molar-refractivity contribution in [3.8, 4) is 0 Å². The minimum Gasteiger partial charge on any atom is -0.346 e. The van der Waals surface area contributed by atoms with Crippen molar-refractivity contribution in [1.29, 1.82) is 0 Å². The van der Waals surface area contributed by atoms with Crippen LogP contribution in [0.15, 0.2) is 54.6 Å². The molecule has 3 rings (SSSR count). The highest BCUT2D eigenvalue weighted by Crippen LogP contribution is 2.22. The fourth-order valence-corrected chi connectivity index (χ4v) is 2.82. The van der Waals surface area contributed by atoms with Crippen LogP contribution in [0.4, 0.5) is 5.69 Å². The third-order valence-electron chi connectivity index (χ3n) is 4.16. The van der Waals surface area contributed by atoms with Crippen LogP contribution in [0.2, 0.25) is 0 Å². The van der Waals surface area contributed by atoms with E-state index in [2.05, 4.69) is 5.32 Å². The molecular weight excluding hydrogens is 288 g/mol. The maximum atomic E-state index is 12.3. The standard InChI is InChI=1S/C19H20N2O2/c1-14(15-6-3-2-4-7-15)20-19(23)16-9-11-17(12-10-16)21-13-5-8-18(21)22/h2-4,6-7,9-12,14H,5,8,13H2,1H3,(H,20,23)/t14-/m0/s1. The van der Waals surface area contributed by atoms with E-state index in [9.17, 15) is 9.59 Å². The van der Waals surface area contributed by atoms with E-state index in [4.69, 9.17) is 0 Å². The van der Waals surface area contributed by atoms with Crippen LogP contribution < -0.4 is 10.2 Å². The molecule has 4 nitrogen and oxygen atoms in total. The van der Waals surface area contributed by atoms with E-state index >= 15 is 0 Å². The Morgan fingerprint density at radius 2 is 1.78 bits per heavy atom. The van der Waals surface area contributed by atoms with E-state index in [1.165, 1.54) is 0 Å². The van der Waals surface area contributed by atoms with E-state index in [-0.39, 0.29) is 17.9 Å². The molecular formula is C19H20N2O2. The molecule has 23 heavy (non-hydrogen) atoms. The molecule has 2 aromatic rings. The summed E-state index contributed by atoms with van der Waals surface area (Å²) in [5.74, 6) is 0.0422. The van der Waals surface area contributed by atoms with Crippen LogP contribution in [-0.4, -0.2) is 18.4 Å². The van der Waals surface area contributed by atoms with Crippen molar-refractivity contribution in [1.82, 2.24) is 5.32 Å². The summed E-state index contributed by atoms with van der Waals surface area (Å²) >= 11 is 0. The van der Waals surface area contributed by atoms with Gasteiger partial charge in [0.05, 0.1) is 6.04 Å². The zero-order valence-corrected chi connectivity index (χ0v) is 13.2. The summed E-state index contributed by atoms with van der Waals surface area (Å²) in [7, 11) is 0. The lowest BCUT2D eigenvalue weighted by atomic mass is 10.1. The Balaban J connectivity index is 1.67. The Kier molecular flexibility index (Phi) is 4.42. The average Bonchev–Trinajstić information content (AvgIpc) is 3.02. The summed E-state index contributed by atoms with van der Waals surface area (Å²) in [4.78, 5) is 25.8. The molecule has 0 aromatic heterocycles. The van der Waals surface area contributed by atoms with Gasteiger partial charge < -0.3 is 10.2 Å². The highest BCUT2D eigenvalue weighted by molar-refractivity contribution is 5.97. The van der Waals surface area contributed by atoms with Crippen LogP contribution in [0.1, 0.15) is 41.7 Å². The van der Waals surface area contributed by atoms with E-state index in [0.717, 1.165) is 24.2 Å². The molecule has 4 heteroatoms. The highest BCUT2D eigenvalue weighted by Gasteiger charge is 2.21. The number of carbonyl (C=O) groups excluding carboxylic acids is 2. The van der Waals surface area contributed by atoms with Gasteiger partial charge >= 0.3 is 0 Å². The monoisotopic (exact) mass is 308 g/mol. The zero-order chi connectivity index (χ0) is 16.2. The second-order valence-corrected chi connectivity index (χ2v) is 5.80. The summed E-state index contributed by atoms with van der Waals surface area (Å²) in [6.07, 6.45) is 1.51. The van der Waals surface area contributed by atoms with Gasteiger partial charge in [-0.15, -0.1) is 0 Å². The maximum absolute atomic E-state index is 12.3. The van der Waals surface area contributed by atoms with Crippen molar-refractivity contribution in [2.45, 2.75) is 25.8 Å². The van der Waals surface area contributed by atoms with Gasteiger partial charge in [0.25, 0.3) is 5.91 Å². The number of amides is 2. The molecule has 1 fully saturated rings. The number of hydrogen-bond acceptors (Lipinski definition) is 2. The Morgan fingerprint density at radius 3 is 2.39 bits per heavy atom. The fraction of sp³-hybridized carbons (Fsp3) is 0.263. The van der Waals surface area contributed by atoms with Gasteiger partial charge in [0.2, 0.25) is 5.91 Å². The molecule has 1 heterocycles. The normalized spacial score (nSPS) is 15.5. The Hall–Kier alpha value is -2.62. The van der Waals surface area contributed by atoms with Gasteiger partial charge in [0.1, 0.15) is 0 Å². The van der Waals surface area contributed by atoms with Crippen molar-refractivity contribution in [2.75, 3.05) is 11.4 Å². The fourth-order valence-electron chi connectivity index (χ4n) is 2.82. The Morgan fingerprint density at radius 1 is 1.09 bits per heavy atom. The molecule has 1 aliphatic rings. The van der Waals surface area contributed by atoms with Gasteiger partial charge in [-0.25, -0.2) is 0 Å². The van der Waals surface area contributed by atoms with Crippen LogP contribution in [0.3, 0.4) is 0 Å². The molecule has 0 saturated carbocycles. The SMILES string of the molecule is C[C@H](NC(=O)c1ccc(N2CCCC2=O)cc1)c1ccccc1. The second-order valence-electron chi connectivity index (χ2n) is 5.80. The summed E-state index contributed by atoms with van der Waals surface area (Å²) in [5.41, 5.74) is 2.53. The number of benzene rings is 2. The first-order chi connectivity index (χ1) is 11.1. The number of anilines is 1. The molecule has 2 amide bonds. The smallest absolute Gasteiger partial charge is 0.251 e. The first kappa shape index (κ1) is 15.3. The molecule has 1 N–H and O–H groups in total. The average molecular weight is 308 g/mol. The van der Waals surface area contributed by atoms with Crippen molar-refractivity contribution in [3.05, 3.63) is 65.7 Å². The van der Waals surface area contributed by atoms with Crippen molar-refractivity contribution in [2.24, 2.45) is 0 Å². The number of hydrogen-bond donors (Lipinski definition) is 1. The molecule has 1 saturated heterocycles.